The van der Waals surface area contributed by atoms with Gasteiger partial charge in [0.25, 0.3) is 0 Å². The molecule has 0 amide bonds. The highest BCUT2D eigenvalue weighted by Crippen LogP contribution is 2.31. The van der Waals surface area contributed by atoms with E-state index in [0.717, 1.165) is 12.0 Å². The summed E-state index contributed by atoms with van der Waals surface area (Å²) < 4.78 is 0. The second kappa shape index (κ2) is 6.89. The van der Waals surface area contributed by atoms with Gasteiger partial charge in [-0.15, -0.1) is 0 Å². The number of carboxylic acids is 1. The van der Waals surface area contributed by atoms with Gasteiger partial charge in [0.05, 0.1) is 0 Å². The summed E-state index contributed by atoms with van der Waals surface area (Å²) in [6.07, 6.45) is 4.75. The van der Waals surface area contributed by atoms with Crippen molar-refractivity contribution in [2.45, 2.75) is 51.6 Å². The zero-order chi connectivity index (χ0) is 14.5. The molecule has 0 aromatic heterocycles. The van der Waals surface area contributed by atoms with Crippen molar-refractivity contribution in [2.24, 2.45) is 11.8 Å². The van der Waals surface area contributed by atoms with Gasteiger partial charge in [-0.1, -0.05) is 57.0 Å². The Kier molecular flexibility index (Phi) is 5.18. The molecule has 1 fully saturated rings. The van der Waals surface area contributed by atoms with E-state index in [4.69, 9.17) is 0 Å². The van der Waals surface area contributed by atoms with Gasteiger partial charge in [0.1, 0.15) is 6.04 Å². The molecule has 3 nitrogen and oxygen atoms in total. The summed E-state index contributed by atoms with van der Waals surface area (Å²) in [7, 11) is 0. The minimum Gasteiger partial charge on any atom is -0.480 e. The molecular formula is C17H25NO2. The third kappa shape index (κ3) is 3.60. The van der Waals surface area contributed by atoms with Gasteiger partial charge < -0.3 is 5.11 Å². The lowest BCUT2D eigenvalue weighted by molar-refractivity contribution is -0.140. The maximum absolute atomic E-state index is 11.6. The van der Waals surface area contributed by atoms with Crippen LogP contribution < -0.4 is 5.32 Å². The molecule has 1 aromatic carbocycles. The molecule has 0 radical (unpaired) electrons. The SMILES string of the molecule is CC(C)C1CCCCC1NC(C(=O)O)c1ccccc1. The molecule has 1 aromatic rings. The number of carboxylic acid groups (broad SMARTS) is 1. The molecular weight excluding hydrogens is 250 g/mol. The summed E-state index contributed by atoms with van der Waals surface area (Å²) in [6.45, 7) is 4.48. The fourth-order valence-corrected chi connectivity index (χ4v) is 3.33. The van der Waals surface area contributed by atoms with Gasteiger partial charge in [-0.3, -0.25) is 10.1 Å². The normalized spacial score (nSPS) is 24.6. The van der Waals surface area contributed by atoms with E-state index >= 15 is 0 Å². The Morgan fingerprint density at radius 3 is 2.45 bits per heavy atom. The fraction of sp³-hybridized carbons (Fsp3) is 0.588. The molecule has 1 aliphatic rings. The summed E-state index contributed by atoms with van der Waals surface area (Å²) >= 11 is 0. The largest absolute Gasteiger partial charge is 0.480 e. The van der Waals surface area contributed by atoms with Crippen LogP contribution >= 0.6 is 0 Å². The molecule has 0 aliphatic heterocycles. The van der Waals surface area contributed by atoms with Crippen molar-refractivity contribution in [2.75, 3.05) is 0 Å². The predicted molar refractivity (Wildman–Crippen MR) is 80.5 cm³/mol. The number of carbonyl (C=O) groups is 1. The number of benzene rings is 1. The van der Waals surface area contributed by atoms with E-state index in [9.17, 15) is 9.90 Å². The summed E-state index contributed by atoms with van der Waals surface area (Å²) in [5.74, 6) is 0.386. The van der Waals surface area contributed by atoms with Gasteiger partial charge in [-0.2, -0.15) is 0 Å². The molecule has 2 rings (SSSR count). The second-order valence-electron chi connectivity index (χ2n) is 6.15. The first-order valence-electron chi connectivity index (χ1n) is 7.63. The molecule has 1 aliphatic carbocycles. The van der Waals surface area contributed by atoms with Crippen molar-refractivity contribution in [1.29, 1.82) is 0 Å². The first-order valence-corrected chi connectivity index (χ1v) is 7.63. The number of rotatable bonds is 5. The fourth-order valence-electron chi connectivity index (χ4n) is 3.33. The standard InChI is InChI=1S/C17H25NO2/c1-12(2)14-10-6-7-11-15(14)18-16(17(19)20)13-8-4-3-5-9-13/h3-5,8-9,12,14-16,18H,6-7,10-11H2,1-2H3,(H,19,20). The van der Waals surface area contributed by atoms with E-state index < -0.39 is 12.0 Å². The Hall–Kier alpha value is -1.35. The highest BCUT2D eigenvalue weighted by atomic mass is 16.4. The van der Waals surface area contributed by atoms with E-state index in [1.807, 2.05) is 30.3 Å². The van der Waals surface area contributed by atoms with Crippen molar-refractivity contribution in [3.63, 3.8) is 0 Å². The average molecular weight is 275 g/mol. The lowest BCUT2D eigenvalue weighted by Gasteiger charge is -2.36. The lowest BCUT2D eigenvalue weighted by atomic mass is 9.77. The molecule has 3 atom stereocenters. The maximum Gasteiger partial charge on any atom is 0.325 e. The molecule has 0 spiro atoms. The summed E-state index contributed by atoms with van der Waals surface area (Å²) in [4.78, 5) is 11.6. The van der Waals surface area contributed by atoms with Gasteiger partial charge >= 0.3 is 5.97 Å². The zero-order valence-electron chi connectivity index (χ0n) is 12.4. The van der Waals surface area contributed by atoms with Crippen LogP contribution in [0.4, 0.5) is 0 Å². The van der Waals surface area contributed by atoms with Crippen molar-refractivity contribution in [1.82, 2.24) is 5.32 Å². The second-order valence-corrected chi connectivity index (χ2v) is 6.15. The number of hydrogen-bond donors (Lipinski definition) is 2. The molecule has 2 N–H and O–H groups in total. The van der Waals surface area contributed by atoms with Crippen molar-refractivity contribution in [3.8, 4) is 0 Å². The Morgan fingerprint density at radius 2 is 1.85 bits per heavy atom. The van der Waals surface area contributed by atoms with Crippen LogP contribution in [0.3, 0.4) is 0 Å². The Labute approximate surface area is 121 Å². The van der Waals surface area contributed by atoms with Gasteiger partial charge in [-0.25, -0.2) is 0 Å². The Bertz CT molecular complexity index is 430. The number of hydrogen-bond acceptors (Lipinski definition) is 2. The van der Waals surface area contributed by atoms with Crippen LogP contribution in [-0.4, -0.2) is 17.1 Å². The maximum atomic E-state index is 11.6. The Balaban J connectivity index is 2.13. The zero-order valence-corrected chi connectivity index (χ0v) is 12.4. The average Bonchev–Trinajstić information content (AvgIpc) is 2.45. The third-order valence-electron chi connectivity index (χ3n) is 4.44. The van der Waals surface area contributed by atoms with E-state index in [0.29, 0.717) is 17.9 Å². The van der Waals surface area contributed by atoms with Crippen LogP contribution in [0, 0.1) is 11.8 Å². The van der Waals surface area contributed by atoms with Crippen molar-refractivity contribution in [3.05, 3.63) is 35.9 Å². The Morgan fingerprint density at radius 1 is 1.20 bits per heavy atom. The van der Waals surface area contributed by atoms with Gasteiger partial charge in [0, 0.05) is 6.04 Å². The molecule has 110 valence electrons. The van der Waals surface area contributed by atoms with Gasteiger partial charge in [0.2, 0.25) is 0 Å². The number of nitrogens with one attached hydrogen (secondary N) is 1. The molecule has 3 unspecified atom stereocenters. The number of aliphatic carboxylic acids is 1. The van der Waals surface area contributed by atoms with Crippen LogP contribution in [0.15, 0.2) is 30.3 Å². The molecule has 20 heavy (non-hydrogen) atoms. The summed E-state index contributed by atoms with van der Waals surface area (Å²) in [5, 5.41) is 12.9. The quantitative estimate of drug-likeness (QED) is 0.863. The van der Waals surface area contributed by atoms with Crippen LogP contribution in [-0.2, 0) is 4.79 Å². The molecule has 0 bridgehead atoms. The van der Waals surface area contributed by atoms with E-state index in [2.05, 4.69) is 19.2 Å². The minimum absolute atomic E-state index is 0.310. The highest BCUT2D eigenvalue weighted by molar-refractivity contribution is 5.75. The van der Waals surface area contributed by atoms with E-state index in [1.54, 1.807) is 0 Å². The monoisotopic (exact) mass is 275 g/mol. The molecule has 0 heterocycles. The highest BCUT2D eigenvalue weighted by Gasteiger charge is 2.31. The first kappa shape index (κ1) is 15.0. The van der Waals surface area contributed by atoms with Crippen LogP contribution in [0.5, 0.6) is 0 Å². The van der Waals surface area contributed by atoms with E-state index in [1.165, 1.54) is 19.3 Å². The summed E-state index contributed by atoms with van der Waals surface area (Å²) in [5.41, 5.74) is 0.841. The molecule has 0 saturated heterocycles. The van der Waals surface area contributed by atoms with E-state index in [-0.39, 0.29) is 0 Å². The van der Waals surface area contributed by atoms with Gasteiger partial charge in [0.15, 0.2) is 0 Å². The molecule has 1 saturated carbocycles. The van der Waals surface area contributed by atoms with Crippen molar-refractivity contribution >= 4 is 5.97 Å². The topological polar surface area (TPSA) is 49.3 Å². The van der Waals surface area contributed by atoms with Gasteiger partial charge in [-0.05, 0) is 30.2 Å². The third-order valence-corrected chi connectivity index (χ3v) is 4.44. The van der Waals surface area contributed by atoms with Crippen molar-refractivity contribution < 1.29 is 9.90 Å². The summed E-state index contributed by atoms with van der Waals surface area (Å²) in [6, 6.07) is 9.20. The molecule has 3 heteroatoms. The van der Waals surface area contributed by atoms with Crippen LogP contribution in [0.2, 0.25) is 0 Å². The minimum atomic E-state index is -0.788. The lowest BCUT2D eigenvalue weighted by Crippen LogP contribution is -2.44. The first-order chi connectivity index (χ1) is 9.59. The smallest absolute Gasteiger partial charge is 0.325 e. The predicted octanol–water partition coefficient (Wildman–Crippen LogP) is 3.62. The van der Waals surface area contributed by atoms with Crippen LogP contribution in [0.1, 0.15) is 51.1 Å². The van der Waals surface area contributed by atoms with Crippen LogP contribution in [0.25, 0.3) is 0 Å².